The van der Waals surface area contributed by atoms with Gasteiger partial charge in [-0.25, -0.2) is 0 Å². The van der Waals surface area contributed by atoms with Crippen LogP contribution in [0.3, 0.4) is 0 Å². The van der Waals surface area contributed by atoms with Gasteiger partial charge in [0.2, 0.25) is 5.78 Å². The quantitative estimate of drug-likeness (QED) is 0.403. The van der Waals surface area contributed by atoms with Crippen molar-refractivity contribution >= 4 is 23.4 Å². The molecule has 0 aromatic rings. The zero-order valence-electron chi connectivity index (χ0n) is 23.1. The highest BCUT2D eigenvalue weighted by atomic mass is 16.5. The van der Waals surface area contributed by atoms with Crippen molar-refractivity contribution in [1.82, 2.24) is 4.90 Å². The summed E-state index contributed by atoms with van der Waals surface area (Å²) >= 11 is 0. The lowest BCUT2D eigenvalue weighted by Gasteiger charge is -2.60. The zero-order valence-corrected chi connectivity index (χ0v) is 23.1. The fourth-order valence-corrected chi connectivity index (χ4v) is 9.81. The van der Waals surface area contributed by atoms with Crippen LogP contribution in [0.2, 0.25) is 0 Å². The largest absolute Gasteiger partial charge is 0.463 e. The Balaban J connectivity index is 1.28. The number of nitrogens with zero attached hydrogens (tertiary/aromatic N) is 1. The summed E-state index contributed by atoms with van der Waals surface area (Å²) in [4.78, 5) is 52.8. The monoisotopic (exact) mass is 515 g/mol. The topological polar surface area (TPSA) is 90.0 Å². The van der Waals surface area contributed by atoms with Gasteiger partial charge in [-0.05, 0) is 85.4 Å². The molecule has 7 nitrogen and oxygen atoms in total. The van der Waals surface area contributed by atoms with E-state index in [9.17, 15) is 19.2 Å². The Morgan fingerprint density at radius 3 is 2.49 bits per heavy atom. The number of carbonyl (C=O) groups excluding carboxylic acids is 4. The van der Waals surface area contributed by atoms with Crippen molar-refractivity contribution in [3.05, 3.63) is 0 Å². The average Bonchev–Trinajstić information content (AvgIpc) is 3.20. The number of carbonyl (C=O) groups is 4. The van der Waals surface area contributed by atoms with Crippen molar-refractivity contribution in [2.75, 3.05) is 26.3 Å². The molecule has 0 aromatic heterocycles. The van der Waals surface area contributed by atoms with Crippen LogP contribution in [0.5, 0.6) is 0 Å². The average molecular weight is 516 g/mol. The van der Waals surface area contributed by atoms with Crippen LogP contribution in [0, 0.1) is 46.3 Å². The smallest absolute Gasteiger partial charge is 0.302 e. The molecule has 0 bridgehead atoms. The van der Waals surface area contributed by atoms with Gasteiger partial charge < -0.3 is 14.4 Å². The lowest BCUT2D eigenvalue weighted by molar-refractivity contribution is -0.169. The summed E-state index contributed by atoms with van der Waals surface area (Å²) in [5.74, 6) is 1.35. The number of Topliss-reactive ketones (excluding diaryl/α,β-unsaturated/α-hetero) is 2. The van der Waals surface area contributed by atoms with Crippen molar-refractivity contribution in [3.63, 3.8) is 0 Å². The summed E-state index contributed by atoms with van der Waals surface area (Å²) in [5, 5.41) is 0. The van der Waals surface area contributed by atoms with E-state index in [2.05, 4.69) is 20.8 Å². The predicted molar refractivity (Wildman–Crippen MR) is 137 cm³/mol. The molecular weight excluding hydrogens is 470 g/mol. The van der Waals surface area contributed by atoms with E-state index in [4.69, 9.17) is 9.47 Å². The highest BCUT2D eigenvalue weighted by molar-refractivity contribution is 6.36. The Bertz CT molecular complexity index is 942. The van der Waals surface area contributed by atoms with Gasteiger partial charge in [0.25, 0.3) is 5.91 Å². The normalized spacial score (nSPS) is 42.3. The summed E-state index contributed by atoms with van der Waals surface area (Å²) < 4.78 is 10.9. The minimum atomic E-state index is -0.370. The van der Waals surface area contributed by atoms with Crippen molar-refractivity contribution in [2.45, 2.75) is 91.6 Å². The first-order valence-corrected chi connectivity index (χ1v) is 14.6. The van der Waals surface area contributed by atoms with Gasteiger partial charge in [0.05, 0.1) is 13.2 Å². The number of hydrogen-bond donors (Lipinski definition) is 0. The molecule has 7 heteroatoms. The van der Waals surface area contributed by atoms with E-state index in [0.717, 1.165) is 44.9 Å². The fourth-order valence-electron chi connectivity index (χ4n) is 9.81. The molecule has 0 radical (unpaired) electrons. The molecule has 206 valence electrons. The Kier molecular flexibility index (Phi) is 7.32. The minimum Gasteiger partial charge on any atom is -0.463 e. The van der Waals surface area contributed by atoms with Crippen molar-refractivity contribution in [2.24, 2.45) is 46.3 Å². The van der Waals surface area contributed by atoms with Gasteiger partial charge in [-0.1, -0.05) is 20.8 Å². The summed E-state index contributed by atoms with van der Waals surface area (Å²) in [6.45, 7) is 10.2. The summed E-state index contributed by atoms with van der Waals surface area (Å²) in [6, 6.07) is 0. The second kappa shape index (κ2) is 10.1. The molecule has 1 saturated heterocycles. The van der Waals surface area contributed by atoms with Crippen molar-refractivity contribution < 1.29 is 28.7 Å². The third-order valence-electron chi connectivity index (χ3n) is 11.4. The maximum atomic E-state index is 14.0. The first-order valence-electron chi connectivity index (χ1n) is 14.6. The number of rotatable bonds is 5. The van der Waals surface area contributed by atoms with E-state index in [1.54, 1.807) is 4.90 Å². The Labute approximate surface area is 221 Å². The first kappa shape index (κ1) is 26.8. The van der Waals surface area contributed by atoms with Gasteiger partial charge in [-0.2, -0.15) is 0 Å². The Hall–Kier alpha value is -1.76. The summed E-state index contributed by atoms with van der Waals surface area (Å²) in [6.07, 6.45) is 7.85. The lowest BCUT2D eigenvalue weighted by Crippen LogP contribution is -2.58. The molecule has 5 fully saturated rings. The van der Waals surface area contributed by atoms with Gasteiger partial charge in [0, 0.05) is 38.8 Å². The molecule has 4 aliphatic carbocycles. The van der Waals surface area contributed by atoms with Crippen LogP contribution in [0.4, 0.5) is 0 Å². The summed E-state index contributed by atoms with van der Waals surface area (Å²) in [7, 11) is 0. The number of esters is 1. The van der Waals surface area contributed by atoms with Gasteiger partial charge in [-0.3, -0.25) is 19.2 Å². The molecule has 1 amide bonds. The number of fused-ring (bicyclic) bond motifs is 5. The van der Waals surface area contributed by atoms with E-state index >= 15 is 0 Å². The zero-order chi connectivity index (χ0) is 26.5. The van der Waals surface area contributed by atoms with Crippen molar-refractivity contribution in [1.29, 1.82) is 0 Å². The molecule has 5 rings (SSSR count). The maximum absolute atomic E-state index is 14.0. The van der Waals surface area contributed by atoms with Gasteiger partial charge in [-0.15, -0.1) is 0 Å². The maximum Gasteiger partial charge on any atom is 0.302 e. The third-order valence-corrected chi connectivity index (χ3v) is 11.4. The van der Waals surface area contributed by atoms with Crippen LogP contribution < -0.4 is 0 Å². The number of amides is 1. The Morgan fingerprint density at radius 2 is 1.78 bits per heavy atom. The number of ketones is 2. The van der Waals surface area contributed by atoms with E-state index in [0.29, 0.717) is 56.3 Å². The van der Waals surface area contributed by atoms with Gasteiger partial charge in [0.15, 0.2) is 0 Å². The van der Waals surface area contributed by atoms with Gasteiger partial charge in [0.1, 0.15) is 11.9 Å². The molecule has 1 heterocycles. The highest BCUT2D eigenvalue weighted by Crippen LogP contribution is 2.67. The number of hydrogen-bond acceptors (Lipinski definition) is 6. The van der Waals surface area contributed by atoms with Crippen LogP contribution in [0.1, 0.15) is 85.5 Å². The number of morpholine rings is 1. The van der Waals surface area contributed by atoms with Crippen LogP contribution in [-0.2, 0) is 28.7 Å². The molecule has 4 saturated carbocycles. The molecule has 5 aliphatic rings. The van der Waals surface area contributed by atoms with E-state index in [1.807, 2.05) is 0 Å². The van der Waals surface area contributed by atoms with Crippen LogP contribution in [0.15, 0.2) is 0 Å². The lowest BCUT2D eigenvalue weighted by atomic mass is 9.44. The standard InChI is InChI=1S/C30H45NO6/c1-18(15-25(33)28(35)31-11-13-36-14-12-31)23-7-8-24-22-6-5-20-16-21(37-19(2)32)9-10-29(20,3)27(22)26(34)17-30(23,24)4/h18,20-24,27H,5-17H2,1-4H3/t18-,20-,21-,22?,23-,24?,27?,29+,30-/m1/s1. The van der Waals surface area contributed by atoms with Crippen molar-refractivity contribution in [3.8, 4) is 0 Å². The highest BCUT2D eigenvalue weighted by Gasteiger charge is 2.63. The third kappa shape index (κ3) is 4.68. The molecule has 0 N–H and O–H groups in total. The molecule has 9 atom stereocenters. The molecule has 0 spiro atoms. The fraction of sp³-hybridized carbons (Fsp3) is 0.867. The Morgan fingerprint density at radius 1 is 1.05 bits per heavy atom. The molecule has 0 aromatic carbocycles. The molecule has 3 unspecified atom stereocenters. The minimum absolute atomic E-state index is 0.00879. The van der Waals surface area contributed by atoms with E-state index in [-0.39, 0.29) is 58.8 Å². The second-order valence-corrected chi connectivity index (χ2v) is 13.4. The van der Waals surface area contributed by atoms with E-state index < -0.39 is 0 Å². The first-order chi connectivity index (χ1) is 17.5. The van der Waals surface area contributed by atoms with Gasteiger partial charge >= 0.3 is 5.97 Å². The molecule has 1 aliphatic heterocycles. The second-order valence-electron chi connectivity index (χ2n) is 13.4. The predicted octanol–water partition coefficient (Wildman–Crippen LogP) is 4.21. The number of ether oxygens (including phenoxy) is 2. The van der Waals surface area contributed by atoms with E-state index in [1.165, 1.54) is 6.92 Å². The molecule has 37 heavy (non-hydrogen) atoms. The SMILES string of the molecule is CC(=O)O[C@@H]1CC[C@]2(C)C3C(=O)C[C@@]4(C)C(CC[C@@H]4[C@H](C)CC(=O)C(=O)N4CCOCC4)C3CC[C@@H]2C1. The molecular formula is C30H45NO6. The van der Waals surface area contributed by atoms with Crippen LogP contribution >= 0.6 is 0 Å². The summed E-state index contributed by atoms with van der Waals surface area (Å²) in [5.41, 5.74) is -0.111. The van der Waals surface area contributed by atoms with Crippen LogP contribution in [0.25, 0.3) is 0 Å². The van der Waals surface area contributed by atoms with Crippen LogP contribution in [-0.4, -0.2) is 60.8 Å².